The van der Waals surface area contributed by atoms with E-state index >= 15 is 0 Å². The van der Waals surface area contributed by atoms with Crippen molar-refractivity contribution in [1.82, 2.24) is 4.98 Å². The van der Waals surface area contributed by atoms with E-state index in [1.807, 2.05) is 12.1 Å². The Bertz CT molecular complexity index is 1130. The maximum atomic E-state index is 11.4. The summed E-state index contributed by atoms with van der Waals surface area (Å²) >= 11 is 0. The first kappa shape index (κ1) is 20.4. The van der Waals surface area contributed by atoms with E-state index < -0.39 is 5.97 Å². The van der Waals surface area contributed by atoms with E-state index in [0.29, 0.717) is 24.3 Å². The fourth-order valence-electron chi connectivity index (χ4n) is 4.34. The molecule has 0 aliphatic heterocycles. The second-order valence-electron chi connectivity index (χ2n) is 8.60. The lowest BCUT2D eigenvalue weighted by Gasteiger charge is -2.21. The number of aromatic nitrogens is 1. The SMILES string of the molecule is CN(c1ccc(OC2CC2)cc1)c1ccc2c(c1)CC[C@H]2CNc1cnccc1C(=O)O. The fourth-order valence-corrected chi connectivity index (χ4v) is 4.34. The number of nitrogens with one attached hydrogen (secondary N) is 1. The molecule has 1 fully saturated rings. The van der Waals surface area contributed by atoms with Crippen LogP contribution in [0.1, 0.15) is 46.7 Å². The highest BCUT2D eigenvalue weighted by Gasteiger charge is 2.25. The minimum atomic E-state index is -0.943. The minimum Gasteiger partial charge on any atom is -0.490 e. The molecule has 0 amide bonds. The molecule has 6 nitrogen and oxygen atoms in total. The van der Waals surface area contributed by atoms with Crippen LogP contribution in [0.15, 0.2) is 60.9 Å². The predicted octanol–water partition coefficient (Wildman–Crippen LogP) is 5.23. The summed E-state index contributed by atoms with van der Waals surface area (Å²) < 4.78 is 5.85. The number of carbonyl (C=O) groups is 1. The van der Waals surface area contributed by atoms with Crippen molar-refractivity contribution in [1.29, 1.82) is 0 Å². The van der Waals surface area contributed by atoms with Gasteiger partial charge in [-0.15, -0.1) is 0 Å². The van der Waals surface area contributed by atoms with Crippen molar-refractivity contribution in [3.63, 3.8) is 0 Å². The van der Waals surface area contributed by atoms with Crippen molar-refractivity contribution in [2.45, 2.75) is 37.7 Å². The Morgan fingerprint density at radius 2 is 1.91 bits per heavy atom. The molecule has 1 atom stereocenters. The zero-order chi connectivity index (χ0) is 22.1. The molecule has 1 heterocycles. The second kappa shape index (κ2) is 8.54. The minimum absolute atomic E-state index is 0.253. The third-order valence-electron chi connectivity index (χ3n) is 6.36. The molecule has 1 saturated carbocycles. The van der Waals surface area contributed by atoms with Gasteiger partial charge in [0, 0.05) is 37.1 Å². The summed E-state index contributed by atoms with van der Waals surface area (Å²) in [4.78, 5) is 17.7. The molecular weight excluding hydrogens is 402 g/mol. The summed E-state index contributed by atoms with van der Waals surface area (Å²) in [6.07, 6.45) is 7.89. The largest absolute Gasteiger partial charge is 0.490 e. The van der Waals surface area contributed by atoms with Gasteiger partial charge < -0.3 is 20.1 Å². The van der Waals surface area contributed by atoms with Crippen molar-refractivity contribution in [3.05, 3.63) is 77.6 Å². The Balaban J connectivity index is 1.26. The third-order valence-corrected chi connectivity index (χ3v) is 6.36. The Kier molecular flexibility index (Phi) is 5.43. The van der Waals surface area contributed by atoms with Gasteiger partial charge in [-0.2, -0.15) is 0 Å². The van der Waals surface area contributed by atoms with Crippen LogP contribution in [-0.4, -0.2) is 35.8 Å². The third kappa shape index (κ3) is 4.26. The Morgan fingerprint density at radius 3 is 2.66 bits per heavy atom. The summed E-state index contributed by atoms with van der Waals surface area (Å²) in [6, 6.07) is 16.5. The zero-order valence-electron chi connectivity index (χ0n) is 18.1. The summed E-state index contributed by atoms with van der Waals surface area (Å²) in [5, 5.41) is 12.7. The standard InChI is InChI=1S/C26H27N3O3/c1-29(19-4-7-21(8-5-19)32-22-9-10-22)20-6-11-23-17(14-20)2-3-18(23)15-28-25-16-27-13-12-24(25)26(30)31/h4-8,11-14,16,18,22,28H,2-3,9-10,15H2,1H3,(H,30,31)/t18-/m0/s1. The van der Waals surface area contributed by atoms with Crippen LogP contribution < -0.4 is 15.0 Å². The average Bonchev–Trinajstić information content (AvgIpc) is 3.54. The number of fused-ring (bicyclic) bond motifs is 1. The van der Waals surface area contributed by atoms with Gasteiger partial charge >= 0.3 is 5.97 Å². The first-order valence-electron chi connectivity index (χ1n) is 11.1. The van der Waals surface area contributed by atoms with Gasteiger partial charge in [0.2, 0.25) is 0 Å². The molecule has 3 aromatic rings. The molecule has 0 unspecified atom stereocenters. The highest BCUT2D eigenvalue weighted by atomic mass is 16.5. The maximum absolute atomic E-state index is 11.4. The Hall–Kier alpha value is -3.54. The van der Waals surface area contributed by atoms with Gasteiger partial charge in [-0.3, -0.25) is 4.98 Å². The summed E-state index contributed by atoms with van der Waals surface area (Å²) in [5.41, 5.74) is 5.81. The van der Waals surface area contributed by atoms with E-state index in [1.165, 1.54) is 23.4 Å². The average molecular weight is 430 g/mol. The van der Waals surface area contributed by atoms with Gasteiger partial charge in [0.05, 0.1) is 23.6 Å². The van der Waals surface area contributed by atoms with Crippen molar-refractivity contribution in [2.75, 3.05) is 23.8 Å². The highest BCUT2D eigenvalue weighted by molar-refractivity contribution is 5.93. The molecule has 0 saturated heterocycles. The van der Waals surface area contributed by atoms with Gasteiger partial charge in [-0.05, 0) is 79.3 Å². The summed E-state index contributed by atoms with van der Waals surface area (Å²) in [6.45, 7) is 0.691. The first-order valence-corrected chi connectivity index (χ1v) is 11.1. The van der Waals surface area contributed by atoms with Crippen molar-refractivity contribution >= 4 is 23.0 Å². The molecule has 2 aliphatic rings. The van der Waals surface area contributed by atoms with Crippen LogP contribution in [0.25, 0.3) is 0 Å². The zero-order valence-corrected chi connectivity index (χ0v) is 18.1. The van der Waals surface area contributed by atoms with Gasteiger partial charge in [0.25, 0.3) is 0 Å². The second-order valence-corrected chi connectivity index (χ2v) is 8.60. The van der Waals surface area contributed by atoms with Crippen molar-refractivity contribution in [2.24, 2.45) is 0 Å². The van der Waals surface area contributed by atoms with Crippen LogP contribution >= 0.6 is 0 Å². The number of carboxylic acids is 1. The smallest absolute Gasteiger partial charge is 0.337 e. The molecule has 0 radical (unpaired) electrons. The Labute approximate surface area is 187 Å². The van der Waals surface area contributed by atoms with E-state index in [-0.39, 0.29) is 5.56 Å². The number of carboxylic acid groups (broad SMARTS) is 1. The van der Waals surface area contributed by atoms with Crippen LogP contribution in [-0.2, 0) is 6.42 Å². The number of hydrogen-bond acceptors (Lipinski definition) is 5. The molecule has 164 valence electrons. The first-order chi connectivity index (χ1) is 15.6. The molecule has 32 heavy (non-hydrogen) atoms. The Morgan fingerprint density at radius 1 is 1.12 bits per heavy atom. The molecule has 2 aliphatic carbocycles. The number of benzene rings is 2. The highest BCUT2D eigenvalue weighted by Crippen LogP contribution is 2.37. The summed E-state index contributed by atoms with van der Waals surface area (Å²) in [7, 11) is 2.09. The lowest BCUT2D eigenvalue weighted by Crippen LogP contribution is -2.13. The van der Waals surface area contributed by atoms with Crippen LogP contribution in [0.3, 0.4) is 0 Å². The van der Waals surface area contributed by atoms with Gasteiger partial charge in [0.15, 0.2) is 0 Å². The monoisotopic (exact) mass is 429 g/mol. The molecule has 1 aromatic heterocycles. The van der Waals surface area contributed by atoms with E-state index in [1.54, 1.807) is 6.20 Å². The molecule has 2 aromatic carbocycles. The number of aryl methyl sites for hydroxylation is 1. The van der Waals surface area contributed by atoms with Crippen molar-refractivity contribution < 1.29 is 14.6 Å². The number of ether oxygens (including phenoxy) is 1. The van der Waals surface area contributed by atoms with Crippen LogP contribution in [0.4, 0.5) is 17.1 Å². The number of rotatable bonds is 8. The van der Waals surface area contributed by atoms with Crippen molar-refractivity contribution in [3.8, 4) is 5.75 Å². The molecular formula is C26H27N3O3. The number of nitrogens with zero attached hydrogens (tertiary/aromatic N) is 2. The molecule has 6 heteroatoms. The van der Waals surface area contributed by atoms with Crippen LogP contribution in [0, 0.1) is 0 Å². The van der Waals surface area contributed by atoms with Crippen LogP contribution in [0.2, 0.25) is 0 Å². The predicted molar refractivity (Wildman–Crippen MR) is 125 cm³/mol. The van der Waals surface area contributed by atoms with Gasteiger partial charge in [-0.25, -0.2) is 4.79 Å². The van der Waals surface area contributed by atoms with Crippen LogP contribution in [0.5, 0.6) is 5.75 Å². The molecule has 0 spiro atoms. The lowest BCUT2D eigenvalue weighted by molar-refractivity contribution is 0.0697. The fraction of sp³-hybridized carbons (Fsp3) is 0.308. The summed E-state index contributed by atoms with van der Waals surface area (Å²) in [5.74, 6) is 0.347. The molecule has 0 bridgehead atoms. The number of anilines is 3. The maximum Gasteiger partial charge on any atom is 0.337 e. The molecule has 2 N–H and O–H groups in total. The number of hydrogen-bond donors (Lipinski definition) is 2. The van der Waals surface area contributed by atoms with E-state index in [0.717, 1.165) is 42.8 Å². The van der Waals surface area contributed by atoms with E-state index in [2.05, 4.69) is 52.6 Å². The number of aromatic carboxylic acids is 1. The topological polar surface area (TPSA) is 74.7 Å². The van der Waals surface area contributed by atoms with E-state index in [4.69, 9.17) is 4.74 Å². The quantitative estimate of drug-likeness (QED) is 0.511. The molecule has 5 rings (SSSR count). The van der Waals surface area contributed by atoms with Gasteiger partial charge in [-0.1, -0.05) is 6.07 Å². The van der Waals surface area contributed by atoms with Gasteiger partial charge in [0.1, 0.15) is 5.75 Å². The normalized spacial score (nSPS) is 17.0. The van der Waals surface area contributed by atoms with E-state index in [9.17, 15) is 9.90 Å². The number of pyridine rings is 1. The lowest BCUT2D eigenvalue weighted by atomic mass is 10.0.